The van der Waals surface area contributed by atoms with Crippen molar-refractivity contribution in [1.82, 2.24) is 29.9 Å². The third-order valence-electron chi connectivity index (χ3n) is 13.9. The van der Waals surface area contributed by atoms with Gasteiger partial charge in [-0.2, -0.15) is 90.6 Å². The number of aliphatic hydroxyl groups is 1. The fraction of sp³-hybridized carbons (Fsp3) is 0.154. The summed E-state index contributed by atoms with van der Waals surface area (Å²) in [4.78, 5) is 19.9. The van der Waals surface area contributed by atoms with Gasteiger partial charge in [-0.15, -0.1) is 10.2 Å². The fourth-order valence-corrected chi connectivity index (χ4v) is 16.2. The molecule has 2 aromatic heterocycles. The molecule has 43 nitrogen and oxygen atoms in total. The first-order chi connectivity index (χ1) is 49.1. The Kier molecular flexibility index (Phi) is 23.7. The van der Waals surface area contributed by atoms with Crippen LogP contribution in [0.2, 0.25) is 10.6 Å². The molecule has 12 N–H and O–H groups in total. The quantitative estimate of drug-likeness (QED) is 0.0186. The van der Waals surface area contributed by atoms with E-state index in [1.54, 1.807) is 0 Å². The van der Waals surface area contributed by atoms with Crippen molar-refractivity contribution in [2.75, 3.05) is 71.0 Å². The van der Waals surface area contributed by atoms with Crippen molar-refractivity contribution < 1.29 is 127 Å². The van der Waals surface area contributed by atoms with Crippen LogP contribution in [0.25, 0.3) is 21.5 Å². The molecule has 0 saturated heterocycles. The molecule has 0 aliphatic heterocycles. The number of rotatable bonds is 31. The molecule has 0 saturated carbocycles. The third kappa shape index (κ3) is 20.5. The summed E-state index contributed by atoms with van der Waals surface area (Å²) in [7, 11) is -44.0. The second-order valence-corrected chi connectivity index (χ2v) is 35.9. The summed E-state index contributed by atoms with van der Waals surface area (Å²) in [5.41, 5.74) is -3.48. The maximum Gasteiger partial charge on any atom is 0.397 e. The predicted molar refractivity (Wildman–Crippen MR) is 368 cm³/mol. The van der Waals surface area contributed by atoms with Crippen molar-refractivity contribution in [1.29, 1.82) is 0 Å². The molecule has 9 aromatic rings. The van der Waals surface area contributed by atoms with Crippen molar-refractivity contribution >= 4 is 199 Å². The molecular weight excluding hydrogens is 1640 g/mol. The van der Waals surface area contributed by atoms with Crippen LogP contribution in [0, 0.1) is 0 Å². The molecule has 0 aliphatic rings. The smallest absolute Gasteiger partial charge is 0.397 e. The fourth-order valence-electron chi connectivity index (χ4n) is 9.29. The summed E-state index contributed by atoms with van der Waals surface area (Å²) in [6, 6.07) is 16.7. The average molecular weight is 1690 g/mol. The van der Waals surface area contributed by atoms with Gasteiger partial charge in [0.05, 0.1) is 84.3 Å². The van der Waals surface area contributed by atoms with Gasteiger partial charge in [0.2, 0.25) is 34.4 Å². The molecule has 0 unspecified atom stereocenters. The summed E-state index contributed by atoms with van der Waals surface area (Å²) in [5, 5.41) is 53.2. The monoisotopic (exact) mass is 1690 g/mol. The van der Waals surface area contributed by atoms with E-state index in [1.165, 1.54) is 12.1 Å². The highest BCUT2D eigenvalue weighted by Gasteiger charge is 2.30. The van der Waals surface area contributed by atoms with Crippen LogP contribution in [0.5, 0.6) is 11.5 Å². The van der Waals surface area contributed by atoms with Crippen molar-refractivity contribution in [3.8, 4) is 11.5 Å². The molecule has 0 fully saturated rings. The number of sulfone groups is 3. The Morgan fingerprint density at radius 1 is 0.406 bits per heavy atom. The molecular formula is C52H46Cl2N14O29S9. The van der Waals surface area contributed by atoms with Crippen molar-refractivity contribution in [2.45, 2.75) is 34.3 Å². The molecule has 0 radical (unpaired) electrons. The summed E-state index contributed by atoms with van der Waals surface area (Å²) >= 11 is 12.6. The number of nitrogens with zero attached hydrogens (tertiary/aromatic N) is 11. The lowest BCUT2D eigenvalue weighted by molar-refractivity contribution is 0.282. The van der Waals surface area contributed by atoms with Gasteiger partial charge < -0.3 is 36.2 Å². The Hall–Kier alpha value is -9.15. The van der Waals surface area contributed by atoms with Crippen LogP contribution in [0.4, 0.5) is 63.6 Å². The largest absolute Gasteiger partial charge is 0.505 e. The number of nitrogens with one attached hydrogen (secondary N) is 3. The van der Waals surface area contributed by atoms with Gasteiger partial charge in [-0.05, 0) is 143 Å². The maximum absolute atomic E-state index is 13.9. The molecule has 0 spiro atoms. The molecule has 0 bridgehead atoms. The second-order valence-electron chi connectivity index (χ2n) is 21.1. The lowest BCUT2D eigenvalue weighted by Crippen LogP contribution is -2.33. The van der Waals surface area contributed by atoms with E-state index in [9.17, 15) is 109 Å². The first-order valence-electron chi connectivity index (χ1n) is 28.2. The molecule has 2 heterocycles. The Balaban J connectivity index is 0.948. The van der Waals surface area contributed by atoms with E-state index in [2.05, 4.69) is 74.7 Å². The van der Waals surface area contributed by atoms with Crippen LogP contribution in [0.1, 0.15) is 0 Å². The number of benzene rings is 7. The molecule has 9 rings (SSSR count). The number of halogens is 2. The zero-order valence-corrected chi connectivity index (χ0v) is 60.9. The first-order valence-corrected chi connectivity index (χ1v) is 42.4. The van der Waals surface area contributed by atoms with Crippen LogP contribution >= 0.6 is 23.2 Å². The van der Waals surface area contributed by atoms with E-state index < -0.39 is 260 Å². The highest BCUT2D eigenvalue weighted by atomic mass is 35.5. The van der Waals surface area contributed by atoms with E-state index in [1.807, 2.05) is 0 Å². The number of azo groups is 2. The number of fused-ring (bicyclic) bond motifs is 2. The summed E-state index contributed by atoms with van der Waals surface area (Å²) in [5.74, 6) is -6.92. The van der Waals surface area contributed by atoms with Crippen molar-refractivity contribution in [3.05, 3.63) is 120 Å². The van der Waals surface area contributed by atoms with Crippen LogP contribution in [0.3, 0.4) is 0 Å². The standard InChI is InChI=1S/C52H46Cl2N14O29S9/c53-47-58-49(62-50(59-47)56-37-25-35(101(78,79)80)21-27-23-39(103(84,85)86)43(45(70)41(27)37)66-64-30-3-9-33(10-4-30)99(74,75)19-16-96-105(90,91)92)55-29-1-7-32(8-2-29)98(72,73)18-14-68(13-15-69)52-61-48(54)60-51(63-52)57-38-26-36(102(81,82)83)22-28-24-40(104(87,88)89)44(46(71)42(28)38)67-65-31-5-11-34(12-6-31)100(76,77)20-17-97-106(93,94)95/h1-12,21-26,69-71H,13-20H2,(H,78,79,80)(H,81,82,83)(H,84,85,86)(H,87,88,89)(H,90,91,92)(H,93,94,95)(H,57,60,61,63)(H2,55,56,58,59,62). The minimum absolute atomic E-state index is 0.0648. The zero-order valence-electron chi connectivity index (χ0n) is 52.1. The number of phenols is 2. The summed E-state index contributed by atoms with van der Waals surface area (Å²) in [6.07, 6.45) is 0. The van der Waals surface area contributed by atoms with Crippen LogP contribution in [-0.4, -0.2) is 198 Å². The Labute approximate surface area is 608 Å². The van der Waals surface area contributed by atoms with E-state index >= 15 is 0 Å². The van der Waals surface area contributed by atoms with Gasteiger partial charge in [0.15, 0.2) is 41.0 Å². The lowest BCUT2D eigenvalue weighted by atomic mass is 10.1. The number of anilines is 7. The molecule has 0 atom stereocenters. The maximum atomic E-state index is 13.9. The van der Waals surface area contributed by atoms with Crippen molar-refractivity contribution in [2.24, 2.45) is 20.5 Å². The highest BCUT2D eigenvalue weighted by molar-refractivity contribution is 7.92. The van der Waals surface area contributed by atoms with E-state index in [0.29, 0.717) is 30.3 Å². The summed E-state index contributed by atoms with van der Waals surface area (Å²) in [6.45, 7) is -3.54. The molecule has 566 valence electrons. The highest BCUT2D eigenvalue weighted by Crippen LogP contribution is 2.48. The number of aliphatic hydroxyl groups excluding tert-OH is 1. The van der Waals surface area contributed by atoms with Gasteiger partial charge in [0, 0.05) is 29.5 Å². The molecule has 106 heavy (non-hydrogen) atoms. The molecule has 54 heteroatoms. The number of phenolic OH excluding ortho intramolecular Hbond substituents is 2. The van der Waals surface area contributed by atoms with Gasteiger partial charge >= 0.3 is 20.8 Å². The number of aromatic hydroxyl groups is 2. The normalized spacial score (nSPS) is 13.1. The predicted octanol–water partition coefficient (Wildman–Crippen LogP) is 5.59. The van der Waals surface area contributed by atoms with E-state index in [0.717, 1.165) is 71.6 Å². The van der Waals surface area contributed by atoms with E-state index in [4.69, 9.17) is 32.3 Å². The molecule has 7 aromatic carbocycles. The van der Waals surface area contributed by atoms with Gasteiger partial charge in [-0.25, -0.2) is 33.6 Å². The van der Waals surface area contributed by atoms with Gasteiger partial charge in [0.1, 0.15) is 21.2 Å². The average Bonchev–Trinajstić information content (AvgIpc) is 0.751. The summed E-state index contributed by atoms with van der Waals surface area (Å²) < 4.78 is 290. The lowest BCUT2D eigenvalue weighted by Gasteiger charge is -2.22. The molecule has 0 amide bonds. The number of hydrogen-bond donors (Lipinski definition) is 12. The minimum Gasteiger partial charge on any atom is -0.505 e. The molecule has 0 aliphatic carbocycles. The number of hydrogen-bond acceptors (Lipinski definition) is 37. The van der Waals surface area contributed by atoms with Gasteiger partial charge in [-0.1, -0.05) is 0 Å². The van der Waals surface area contributed by atoms with Gasteiger partial charge in [-0.3, -0.25) is 27.3 Å². The SMILES string of the molecule is O=S(=O)(O)OCCS(=O)(=O)c1ccc(N=Nc2c(S(=O)(=O)O)cc3cc(S(=O)(=O)O)cc(Nc4nc(Cl)nc(Nc5ccc(S(=O)(=O)CCN(CCO)c6nc(Cl)nc(Nc7cc(S(=O)(=O)O)cc8cc(S(=O)(=O)O)c(N=Nc9ccc(S(=O)(=O)CCOS(=O)(=O)O)cc9)c(O)c78)n6)cc5)n4)c3c2O)cc1. The zero-order chi connectivity index (χ0) is 78.1. The Morgan fingerprint density at radius 3 is 1.15 bits per heavy atom. The van der Waals surface area contributed by atoms with Crippen molar-refractivity contribution in [3.63, 3.8) is 0 Å². The van der Waals surface area contributed by atoms with Crippen LogP contribution < -0.4 is 20.9 Å². The Morgan fingerprint density at radius 2 is 0.774 bits per heavy atom. The minimum atomic E-state index is -5.42. The van der Waals surface area contributed by atoms with Crippen LogP contribution in [0.15, 0.2) is 164 Å². The van der Waals surface area contributed by atoms with Crippen LogP contribution in [-0.2, 0) is 99.1 Å². The first kappa shape index (κ1) is 80.9. The topological polar surface area (TPSA) is 674 Å². The number of aromatic nitrogens is 6. The Bertz CT molecular complexity index is 6190. The second kappa shape index (κ2) is 31.0. The van der Waals surface area contributed by atoms with E-state index in [-0.39, 0.29) is 22.0 Å². The third-order valence-corrected chi connectivity index (χ3v) is 23.7. The van der Waals surface area contributed by atoms with Gasteiger partial charge in [0.25, 0.3) is 40.5 Å².